The summed E-state index contributed by atoms with van der Waals surface area (Å²) in [5, 5.41) is 9.25. The molecule has 0 radical (unpaired) electrons. The van der Waals surface area contributed by atoms with Crippen LogP contribution in [0.15, 0.2) is 53.7 Å². The Kier molecular flexibility index (Phi) is 9.70. The quantitative estimate of drug-likeness (QED) is 0.287. The maximum Gasteiger partial charge on any atom is 0.229 e. The first-order valence-electron chi connectivity index (χ1n) is 10.2. The summed E-state index contributed by atoms with van der Waals surface area (Å²) < 4.78 is 0. The number of para-hydroxylation sites is 1. The third-order valence-electron chi connectivity index (χ3n) is 4.67. The highest BCUT2D eigenvalue weighted by molar-refractivity contribution is 14.0. The minimum atomic E-state index is -0.141. The second kappa shape index (κ2) is 12.2. The van der Waals surface area contributed by atoms with E-state index in [1.807, 2.05) is 50.2 Å². The zero-order valence-corrected chi connectivity index (χ0v) is 20.1. The van der Waals surface area contributed by atoms with Crippen LogP contribution in [0.25, 0.3) is 0 Å². The molecule has 2 aromatic rings. The smallest absolute Gasteiger partial charge is 0.229 e. The highest BCUT2D eigenvalue weighted by Gasteiger charge is 2.31. The predicted molar refractivity (Wildman–Crippen MR) is 134 cm³/mol. The summed E-state index contributed by atoms with van der Waals surface area (Å²) in [5.74, 6) is 1.08. The number of benzene rings is 1. The molecule has 2 heterocycles. The van der Waals surface area contributed by atoms with Crippen LogP contribution in [0.5, 0.6) is 0 Å². The van der Waals surface area contributed by atoms with Gasteiger partial charge in [-0.05, 0) is 37.6 Å². The van der Waals surface area contributed by atoms with Crippen LogP contribution in [0.2, 0.25) is 0 Å². The lowest BCUT2D eigenvalue weighted by Gasteiger charge is -2.19. The third-order valence-corrected chi connectivity index (χ3v) is 4.67. The molecule has 1 aliphatic rings. The van der Waals surface area contributed by atoms with Crippen molar-refractivity contribution in [3.05, 3.63) is 54.2 Å². The van der Waals surface area contributed by atoms with Crippen molar-refractivity contribution in [2.75, 3.05) is 29.9 Å². The number of halogens is 1. The molecule has 2 amide bonds. The van der Waals surface area contributed by atoms with Crippen LogP contribution in [0.1, 0.15) is 25.3 Å². The van der Waals surface area contributed by atoms with Gasteiger partial charge < -0.3 is 20.9 Å². The molecule has 0 bridgehead atoms. The van der Waals surface area contributed by atoms with Crippen LogP contribution in [-0.2, 0) is 9.59 Å². The van der Waals surface area contributed by atoms with E-state index in [1.54, 1.807) is 17.2 Å². The maximum atomic E-state index is 12.4. The third kappa shape index (κ3) is 7.50. The molecule has 3 N–H and O–H groups in total. The van der Waals surface area contributed by atoms with E-state index >= 15 is 0 Å². The van der Waals surface area contributed by atoms with Gasteiger partial charge in [0.2, 0.25) is 11.8 Å². The first-order valence-corrected chi connectivity index (χ1v) is 10.2. The Hall–Kier alpha value is -2.69. The van der Waals surface area contributed by atoms with Crippen LogP contribution in [0, 0.1) is 6.92 Å². The van der Waals surface area contributed by atoms with Crippen molar-refractivity contribution in [3.63, 3.8) is 0 Å². The van der Waals surface area contributed by atoms with Gasteiger partial charge in [0.05, 0.1) is 12.6 Å². The Morgan fingerprint density at radius 3 is 2.68 bits per heavy atom. The summed E-state index contributed by atoms with van der Waals surface area (Å²) in [4.78, 5) is 34.9. The normalized spacial score (nSPS) is 15.9. The van der Waals surface area contributed by atoms with E-state index in [0.29, 0.717) is 37.8 Å². The number of hydrogen-bond donors (Lipinski definition) is 3. The number of hydrogen-bond acceptors (Lipinski definition) is 4. The van der Waals surface area contributed by atoms with Gasteiger partial charge in [-0.25, -0.2) is 4.98 Å². The lowest BCUT2D eigenvalue weighted by molar-refractivity contribution is -0.117. The summed E-state index contributed by atoms with van der Waals surface area (Å²) >= 11 is 0. The van der Waals surface area contributed by atoms with Gasteiger partial charge in [0.25, 0.3) is 0 Å². The van der Waals surface area contributed by atoms with Crippen LogP contribution >= 0.6 is 24.0 Å². The summed E-state index contributed by atoms with van der Waals surface area (Å²) in [5.41, 5.74) is 1.94. The molecule has 166 valence electrons. The van der Waals surface area contributed by atoms with Crippen LogP contribution in [-0.4, -0.2) is 48.4 Å². The molecule has 1 aromatic carbocycles. The minimum Gasteiger partial charge on any atom is -0.357 e. The van der Waals surface area contributed by atoms with E-state index in [9.17, 15) is 9.59 Å². The van der Waals surface area contributed by atoms with Gasteiger partial charge in [0, 0.05) is 37.8 Å². The fraction of sp³-hybridized carbons (Fsp3) is 0.364. The first-order chi connectivity index (χ1) is 14.5. The van der Waals surface area contributed by atoms with Crippen molar-refractivity contribution in [2.24, 2.45) is 4.99 Å². The summed E-state index contributed by atoms with van der Waals surface area (Å²) in [6, 6.07) is 13.3. The highest BCUT2D eigenvalue weighted by atomic mass is 127. The molecular formula is C22H29IN6O2. The number of nitrogens with zero attached hydrogens (tertiary/aromatic N) is 3. The van der Waals surface area contributed by atoms with Gasteiger partial charge in [-0.1, -0.05) is 24.3 Å². The molecule has 0 saturated carbocycles. The number of aryl methyl sites for hydroxylation is 1. The lowest BCUT2D eigenvalue weighted by atomic mass is 10.2. The number of carbonyl (C=O) groups excluding carboxylic acids is 2. The minimum absolute atomic E-state index is 0. The van der Waals surface area contributed by atoms with Crippen molar-refractivity contribution in [2.45, 2.75) is 32.7 Å². The summed E-state index contributed by atoms with van der Waals surface area (Å²) in [6.07, 6.45) is 2.35. The number of aliphatic imine (C=N–C) groups is 1. The Balaban J connectivity index is 0.00000341. The zero-order chi connectivity index (χ0) is 21.3. The number of rotatable bonds is 7. The molecule has 1 aromatic heterocycles. The number of guanidine groups is 1. The Morgan fingerprint density at radius 2 is 2.00 bits per heavy atom. The molecule has 3 rings (SSSR count). The van der Waals surface area contributed by atoms with Gasteiger partial charge in [-0.15, -0.1) is 24.0 Å². The number of anilines is 2. The van der Waals surface area contributed by atoms with E-state index < -0.39 is 0 Å². The second-order valence-corrected chi connectivity index (χ2v) is 7.16. The summed E-state index contributed by atoms with van der Waals surface area (Å²) in [7, 11) is 0. The molecule has 1 atom stereocenters. The van der Waals surface area contributed by atoms with Gasteiger partial charge in [0.1, 0.15) is 5.82 Å². The van der Waals surface area contributed by atoms with Gasteiger partial charge in [-0.2, -0.15) is 0 Å². The number of nitrogens with one attached hydrogen (secondary N) is 3. The molecule has 0 aliphatic carbocycles. The van der Waals surface area contributed by atoms with Crippen LogP contribution in [0.4, 0.5) is 11.5 Å². The van der Waals surface area contributed by atoms with Crippen molar-refractivity contribution in [3.8, 4) is 0 Å². The van der Waals surface area contributed by atoms with Crippen LogP contribution in [0.3, 0.4) is 0 Å². The Bertz CT molecular complexity index is 889. The number of aromatic nitrogens is 1. The molecule has 1 saturated heterocycles. The molecule has 31 heavy (non-hydrogen) atoms. The van der Waals surface area contributed by atoms with E-state index in [-0.39, 0.29) is 48.3 Å². The molecule has 1 aliphatic heterocycles. The standard InChI is InChI=1S/C22H28N6O2.HI/c1-3-23-22(24-12-11-20(29)27-19-10-9-16(2)14-25-19)26-17-13-21(30)28(15-17)18-7-5-4-6-8-18;/h4-10,14,17H,3,11-13,15H2,1-2H3,(H2,23,24,26)(H,25,27,29);1H. The van der Waals surface area contributed by atoms with Crippen molar-refractivity contribution < 1.29 is 9.59 Å². The molecular weight excluding hydrogens is 507 g/mol. The van der Waals surface area contributed by atoms with Crippen molar-refractivity contribution in [1.82, 2.24) is 15.6 Å². The highest BCUT2D eigenvalue weighted by Crippen LogP contribution is 2.20. The van der Waals surface area contributed by atoms with Gasteiger partial charge in [0.15, 0.2) is 5.96 Å². The fourth-order valence-electron chi connectivity index (χ4n) is 3.19. The number of amides is 2. The first kappa shape index (κ1) is 24.6. The monoisotopic (exact) mass is 536 g/mol. The molecule has 1 fully saturated rings. The second-order valence-electron chi connectivity index (χ2n) is 7.16. The number of pyridine rings is 1. The van der Waals surface area contributed by atoms with Gasteiger partial charge in [-0.3, -0.25) is 14.6 Å². The predicted octanol–water partition coefficient (Wildman–Crippen LogP) is 2.70. The van der Waals surface area contributed by atoms with Gasteiger partial charge >= 0.3 is 0 Å². The van der Waals surface area contributed by atoms with E-state index in [4.69, 9.17) is 0 Å². The molecule has 8 nitrogen and oxygen atoms in total. The SMILES string of the molecule is CCNC(=NCCC(=O)Nc1ccc(C)cn1)NC1CC(=O)N(c2ccccc2)C1.I. The van der Waals surface area contributed by atoms with E-state index in [1.165, 1.54) is 0 Å². The molecule has 9 heteroatoms. The Morgan fingerprint density at radius 1 is 1.23 bits per heavy atom. The molecule has 0 spiro atoms. The molecule has 1 unspecified atom stereocenters. The fourth-order valence-corrected chi connectivity index (χ4v) is 3.19. The topological polar surface area (TPSA) is 98.7 Å². The average molecular weight is 536 g/mol. The van der Waals surface area contributed by atoms with Crippen molar-refractivity contribution in [1.29, 1.82) is 0 Å². The zero-order valence-electron chi connectivity index (χ0n) is 17.8. The Labute approximate surface area is 199 Å². The lowest BCUT2D eigenvalue weighted by Crippen LogP contribution is -2.44. The largest absolute Gasteiger partial charge is 0.357 e. The number of carbonyl (C=O) groups is 2. The summed E-state index contributed by atoms with van der Waals surface area (Å²) in [6.45, 7) is 5.51. The van der Waals surface area contributed by atoms with E-state index in [2.05, 4.69) is 25.9 Å². The average Bonchev–Trinajstić information content (AvgIpc) is 3.10. The van der Waals surface area contributed by atoms with Crippen LogP contribution < -0.4 is 20.9 Å². The van der Waals surface area contributed by atoms with E-state index in [0.717, 1.165) is 11.3 Å². The van der Waals surface area contributed by atoms with Crippen molar-refractivity contribution >= 4 is 53.3 Å². The maximum absolute atomic E-state index is 12.4.